The van der Waals surface area contributed by atoms with Gasteiger partial charge in [0.05, 0.1) is 12.6 Å². The van der Waals surface area contributed by atoms with E-state index < -0.39 is 11.7 Å². The molecule has 2 saturated heterocycles. The molecule has 5 nitrogen and oxygen atoms in total. The molecule has 0 aromatic heterocycles. The highest BCUT2D eigenvalue weighted by Crippen LogP contribution is 2.28. The van der Waals surface area contributed by atoms with Crippen molar-refractivity contribution in [3.05, 3.63) is 0 Å². The van der Waals surface area contributed by atoms with Gasteiger partial charge in [-0.05, 0) is 39.8 Å². The fourth-order valence-corrected chi connectivity index (χ4v) is 2.36. The molecule has 98 valence electrons. The van der Waals surface area contributed by atoms with Gasteiger partial charge in [-0.15, -0.1) is 0 Å². The number of nitrogens with zero attached hydrogens (tertiary/aromatic N) is 1. The van der Waals surface area contributed by atoms with Crippen LogP contribution in [0.5, 0.6) is 0 Å². The monoisotopic (exact) mass is 242 g/mol. The average molecular weight is 242 g/mol. The summed E-state index contributed by atoms with van der Waals surface area (Å²) in [5.41, 5.74) is -0.474. The number of carbonyl (C=O) groups is 1. The van der Waals surface area contributed by atoms with Crippen LogP contribution in [0.15, 0.2) is 0 Å². The van der Waals surface area contributed by atoms with E-state index in [4.69, 9.17) is 4.74 Å². The molecule has 0 saturated carbocycles. The number of ether oxygens (including phenoxy) is 1. The fraction of sp³-hybridized carbons (Fsp3) is 0.917. The van der Waals surface area contributed by atoms with Crippen molar-refractivity contribution in [2.75, 3.05) is 26.2 Å². The zero-order chi connectivity index (χ0) is 12.6. The summed E-state index contributed by atoms with van der Waals surface area (Å²) in [5.74, 6) is 0.696. The molecule has 0 radical (unpaired) electrons. The Kier molecular flexibility index (Phi) is 3.32. The average Bonchev–Trinajstić information content (AvgIpc) is 2.42. The van der Waals surface area contributed by atoms with E-state index in [0.29, 0.717) is 19.0 Å². The molecular weight excluding hydrogens is 220 g/mol. The summed E-state index contributed by atoms with van der Waals surface area (Å²) in [4.78, 5) is 13.5. The molecular formula is C12H22N2O3. The predicted octanol–water partition coefficient (Wildman–Crippen LogP) is 0.434. The van der Waals surface area contributed by atoms with Crippen molar-refractivity contribution in [1.29, 1.82) is 0 Å². The van der Waals surface area contributed by atoms with Crippen LogP contribution in [0.1, 0.15) is 20.8 Å². The van der Waals surface area contributed by atoms with Crippen LogP contribution in [-0.2, 0) is 4.74 Å². The maximum atomic E-state index is 11.9. The van der Waals surface area contributed by atoms with E-state index in [-0.39, 0.29) is 12.0 Å². The lowest BCUT2D eigenvalue weighted by Crippen LogP contribution is -2.49. The maximum absolute atomic E-state index is 11.9. The van der Waals surface area contributed by atoms with Crippen molar-refractivity contribution >= 4 is 6.09 Å². The van der Waals surface area contributed by atoms with Gasteiger partial charge < -0.3 is 20.1 Å². The molecule has 0 unspecified atom stereocenters. The molecule has 0 aromatic rings. The summed E-state index contributed by atoms with van der Waals surface area (Å²) in [6, 6.07) is 0. The van der Waals surface area contributed by atoms with Crippen molar-refractivity contribution in [3.8, 4) is 0 Å². The SMILES string of the molecule is CC(C)(C)OC(=O)N1C[C@@H](O)[C@H](C2CNC2)C1. The molecule has 2 atom stereocenters. The van der Waals surface area contributed by atoms with E-state index in [1.165, 1.54) is 0 Å². The molecule has 17 heavy (non-hydrogen) atoms. The minimum absolute atomic E-state index is 0.198. The van der Waals surface area contributed by atoms with E-state index >= 15 is 0 Å². The topological polar surface area (TPSA) is 61.8 Å². The molecule has 2 heterocycles. The smallest absolute Gasteiger partial charge is 0.410 e. The van der Waals surface area contributed by atoms with Gasteiger partial charge in [0.2, 0.25) is 0 Å². The quantitative estimate of drug-likeness (QED) is 0.700. The largest absolute Gasteiger partial charge is 0.444 e. The van der Waals surface area contributed by atoms with Crippen molar-refractivity contribution in [2.45, 2.75) is 32.5 Å². The Morgan fingerprint density at radius 1 is 1.35 bits per heavy atom. The summed E-state index contributed by atoms with van der Waals surface area (Å²) in [5, 5.41) is 13.2. The summed E-state index contributed by atoms with van der Waals surface area (Å²) in [6.45, 7) is 8.46. The van der Waals surface area contributed by atoms with Gasteiger partial charge in [-0.3, -0.25) is 0 Å². The normalized spacial score (nSPS) is 30.2. The molecule has 0 spiro atoms. The summed E-state index contributed by atoms with van der Waals surface area (Å²) < 4.78 is 5.31. The lowest BCUT2D eigenvalue weighted by atomic mass is 9.85. The number of β-amino-alcohol motifs (C(OH)–C–C–N with tert-alkyl or cyclic N) is 1. The zero-order valence-electron chi connectivity index (χ0n) is 10.8. The molecule has 0 aliphatic carbocycles. The number of rotatable bonds is 1. The number of hydrogen-bond donors (Lipinski definition) is 2. The van der Waals surface area contributed by atoms with Gasteiger partial charge in [0.1, 0.15) is 5.60 Å². The van der Waals surface area contributed by atoms with E-state index in [0.717, 1.165) is 13.1 Å². The van der Waals surface area contributed by atoms with E-state index in [1.54, 1.807) is 4.90 Å². The van der Waals surface area contributed by atoms with E-state index in [2.05, 4.69) is 5.32 Å². The Morgan fingerprint density at radius 3 is 2.47 bits per heavy atom. The first-order valence-electron chi connectivity index (χ1n) is 6.23. The van der Waals surface area contributed by atoms with Gasteiger partial charge in [0.25, 0.3) is 0 Å². The van der Waals surface area contributed by atoms with Crippen molar-refractivity contribution in [3.63, 3.8) is 0 Å². The van der Waals surface area contributed by atoms with Crippen LogP contribution in [0, 0.1) is 11.8 Å². The predicted molar refractivity (Wildman–Crippen MR) is 63.7 cm³/mol. The molecule has 0 aromatic carbocycles. The summed E-state index contributed by atoms with van der Waals surface area (Å²) in [7, 11) is 0. The zero-order valence-corrected chi connectivity index (χ0v) is 10.8. The number of likely N-dealkylation sites (tertiary alicyclic amines) is 1. The number of nitrogens with one attached hydrogen (secondary N) is 1. The Hall–Kier alpha value is -0.810. The number of hydrogen-bond acceptors (Lipinski definition) is 4. The third-order valence-corrected chi connectivity index (χ3v) is 3.40. The molecule has 1 amide bonds. The lowest BCUT2D eigenvalue weighted by molar-refractivity contribution is 0.0269. The molecule has 0 bridgehead atoms. The number of amides is 1. The molecule has 2 aliphatic heterocycles. The number of aliphatic hydroxyl groups excluding tert-OH is 1. The third kappa shape index (κ3) is 2.90. The molecule has 5 heteroatoms. The van der Waals surface area contributed by atoms with Crippen LogP contribution >= 0.6 is 0 Å². The molecule has 2 rings (SSSR count). The second-order valence-electron chi connectivity index (χ2n) is 6.03. The highest BCUT2D eigenvalue weighted by Gasteiger charge is 2.41. The van der Waals surface area contributed by atoms with Crippen LogP contribution in [0.4, 0.5) is 4.79 Å². The van der Waals surface area contributed by atoms with Crippen molar-refractivity contribution < 1.29 is 14.6 Å². The van der Waals surface area contributed by atoms with Crippen LogP contribution < -0.4 is 5.32 Å². The van der Waals surface area contributed by atoms with Crippen LogP contribution in [0.25, 0.3) is 0 Å². The Balaban J connectivity index is 1.89. The number of aliphatic hydroxyl groups is 1. The van der Waals surface area contributed by atoms with Crippen LogP contribution in [0.2, 0.25) is 0 Å². The molecule has 2 aliphatic rings. The first kappa shape index (κ1) is 12.6. The summed E-state index contributed by atoms with van der Waals surface area (Å²) in [6.07, 6.45) is -0.721. The van der Waals surface area contributed by atoms with Gasteiger partial charge in [-0.1, -0.05) is 0 Å². The highest BCUT2D eigenvalue weighted by molar-refractivity contribution is 5.68. The first-order valence-corrected chi connectivity index (χ1v) is 6.23. The second-order valence-corrected chi connectivity index (χ2v) is 6.03. The van der Waals surface area contributed by atoms with Gasteiger partial charge in [0.15, 0.2) is 0 Å². The Bertz CT molecular complexity index is 297. The van der Waals surface area contributed by atoms with Gasteiger partial charge in [0, 0.05) is 12.5 Å². The molecule has 2 fully saturated rings. The standard InChI is InChI=1S/C12H22N2O3/c1-12(2,3)17-11(16)14-6-9(10(15)7-14)8-4-13-5-8/h8-10,13,15H,4-7H2,1-3H3/t9-,10+/m0/s1. The minimum Gasteiger partial charge on any atom is -0.444 e. The van der Waals surface area contributed by atoms with Crippen LogP contribution in [-0.4, -0.2) is 54.0 Å². The fourth-order valence-electron chi connectivity index (χ4n) is 2.36. The highest BCUT2D eigenvalue weighted by atomic mass is 16.6. The van der Waals surface area contributed by atoms with E-state index in [1.807, 2.05) is 20.8 Å². The maximum Gasteiger partial charge on any atom is 0.410 e. The Labute approximate surface area is 102 Å². The number of carbonyl (C=O) groups excluding carboxylic acids is 1. The minimum atomic E-state index is -0.474. The van der Waals surface area contributed by atoms with Gasteiger partial charge in [-0.2, -0.15) is 0 Å². The van der Waals surface area contributed by atoms with Crippen molar-refractivity contribution in [2.24, 2.45) is 11.8 Å². The second kappa shape index (κ2) is 4.46. The van der Waals surface area contributed by atoms with E-state index in [9.17, 15) is 9.90 Å². The Morgan fingerprint density at radius 2 is 2.00 bits per heavy atom. The third-order valence-electron chi connectivity index (χ3n) is 3.40. The lowest BCUT2D eigenvalue weighted by Gasteiger charge is -2.33. The first-order chi connectivity index (χ1) is 7.87. The molecule has 2 N–H and O–H groups in total. The van der Waals surface area contributed by atoms with Gasteiger partial charge >= 0.3 is 6.09 Å². The van der Waals surface area contributed by atoms with Crippen LogP contribution in [0.3, 0.4) is 0 Å². The van der Waals surface area contributed by atoms with Gasteiger partial charge in [-0.25, -0.2) is 4.79 Å². The van der Waals surface area contributed by atoms with Crippen molar-refractivity contribution in [1.82, 2.24) is 10.2 Å². The summed E-state index contributed by atoms with van der Waals surface area (Å²) >= 11 is 0.